The smallest absolute Gasteiger partial charge is 0.225 e. The summed E-state index contributed by atoms with van der Waals surface area (Å²) in [6.45, 7) is 7.33. The molecule has 5 rings (SSSR count). The van der Waals surface area contributed by atoms with E-state index in [9.17, 15) is 18.7 Å². The Hall–Kier alpha value is -3.38. The van der Waals surface area contributed by atoms with E-state index in [4.69, 9.17) is 9.97 Å². The molecule has 43 heavy (non-hydrogen) atoms. The number of nitrogens with zero attached hydrogens (tertiary/aromatic N) is 6. The molecule has 0 spiro atoms. The van der Waals surface area contributed by atoms with Crippen molar-refractivity contribution in [2.75, 3.05) is 43.9 Å². The molecule has 0 saturated heterocycles. The summed E-state index contributed by atoms with van der Waals surface area (Å²) in [5.74, 6) is -0.321. The van der Waals surface area contributed by atoms with Crippen LogP contribution in [0.3, 0.4) is 0 Å². The van der Waals surface area contributed by atoms with Crippen LogP contribution in [-0.4, -0.2) is 85.7 Å². The molecule has 0 aliphatic heterocycles. The van der Waals surface area contributed by atoms with Crippen LogP contribution in [0.15, 0.2) is 24.4 Å². The van der Waals surface area contributed by atoms with Crippen LogP contribution in [0.2, 0.25) is 0 Å². The summed E-state index contributed by atoms with van der Waals surface area (Å²) in [5.41, 5.74) is 1.29. The summed E-state index contributed by atoms with van der Waals surface area (Å²) < 4.78 is 30.3. The average Bonchev–Trinajstić information content (AvgIpc) is 3.37. The lowest BCUT2D eigenvalue weighted by molar-refractivity contribution is -0.136. The topological polar surface area (TPSA) is 111 Å². The Morgan fingerprint density at radius 1 is 1.02 bits per heavy atom. The van der Waals surface area contributed by atoms with E-state index in [0.717, 1.165) is 77.1 Å². The van der Waals surface area contributed by atoms with E-state index >= 15 is 0 Å². The van der Waals surface area contributed by atoms with Crippen molar-refractivity contribution in [3.63, 3.8) is 0 Å². The number of anilines is 3. The van der Waals surface area contributed by atoms with Crippen LogP contribution in [0.1, 0.15) is 71.3 Å². The van der Waals surface area contributed by atoms with Gasteiger partial charge in [0.05, 0.1) is 18.0 Å². The number of hydrogen-bond donors (Lipinski definition) is 3. The van der Waals surface area contributed by atoms with Gasteiger partial charge in [-0.1, -0.05) is 6.92 Å². The Labute approximate surface area is 251 Å². The Bertz CT molecular complexity index is 1390. The zero-order valence-corrected chi connectivity index (χ0v) is 25.4. The molecule has 3 aromatic rings. The fourth-order valence-corrected chi connectivity index (χ4v) is 6.22. The molecule has 2 saturated carbocycles. The van der Waals surface area contributed by atoms with Gasteiger partial charge in [0.1, 0.15) is 17.2 Å². The van der Waals surface area contributed by atoms with Crippen molar-refractivity contribution in [1.82, 2.24) is 29.3 Å². The minimum Gasteiger partial charge on any atom is -0.393 e. The van der Waals surface area contributed by atoms with E-state index in [1.807, 2.05) is 16.4 Å². The van der Waals surface area contributed by atoms with Gasteiger partial charge in [0.25, 0.3) is 0 Å². The number of rotatable bonds is 11. The van der Waals surface area contributed by atoms with E-state index < -0.39 is 11.6 Å². The van der Waals surface area contributed by atoms with Gasteiger partial charge < -0.3 is 25.5 Å². The summed E-state index contributed by atoms with van der Waals surface area (Å²) in [6, 6.07) is 3.55. The van der Waals surface area contributed by atoms with Crippen LogP contribution in [0, 0.1) is 17.6 Å². The van der Waals surface area contributed by atoms with Crippen molar-refractivity contribution < 1.29 is 18.7 Å². The minimum absolute atomic E-state index is 0.0195. The van der Waals surface area contributed by atoms with Crippen LogP contribution in [0.4, 0.5) is 26.4 Å². The summed E-state index contributed by atoms with van der Waals surface area (Å²) >= 11 is 0. The van der Waals surface area contributed by atoms with Crippen LogP contribution in [0.5, 0.6) is 0 Å². The van der Waals surface area contributed by atoms with Crippen LogP contribution in [-0.2, 0) is 4.79 Å². The van der Waals surface area contributed by atoms with Gasteiger partial charge in [-0.05, 0) is 84.0 Å². The maximum Gasteiger partial charge on any atom is 0.225 e. The summed E-state index contributed by atoms with van der Waals surface area (Å²) in [5, 5.41) is 16.4. The second-order valence-electron chi connectivity index (χ2n) is 11.9. The van der Waals surface area contributed by atoms with Gasteiger partial charge in [0, 0.05) is 43.7 Å². The minimum atomic E-state index is -0.714. The van der Waals surface area contributed by atoms with Gasteiger partial charge >= 0.3 is 0 Å². The molecular weight excluding hydrogens is 554 g/mol. The second-order valence-corrected chi connectivity index (χ2v) is 11.9. The van der Waals surface area contributed by atoms with Crippen LogP contribution in [0.25, 0.3) is 11.2 Å². The van der Waals surface area contributed by atoms with Gasteiger partial charge in [-0.25, -0.2) is 18.7 Å². The molecule has 0 radical (unpaired) electrons. The first-order chi connectivity index (χ1) is 20.7. The zero-order valence-electron chi connectivity index (χ0n) is 25.4. The number of hydrogen-bond acceptors (Lipinski definition) is 8. The van der Waals surface area contributed by atoms with E-state index in [0.29, 0.717) is 29.6 Å². The number of benzene rings is 1. The lowest BCUT2D eigenvalue weighted by Crippen LogP contribution is -2.41. The number of aliphatic hydroxyl groups is 1. The number of likely N-dealkylation sites (N-methyl/N-ethyl adjacent to an activating group) is 2. The molecule has 2 aliphatic carbocycles. The molecule has 2 aliphatic rings. The summed E-state index contributed by atoms with van der Waals surface area (Å²) in [7, 11) is 2.06. The number of fused-ring (bicyclic) bond motifs is 1. The van der Waals surface area contributed by atoms with Crippen molar-refractivity contribution in [3.8, 4) is 0 Å². The van der Waals surface area contributed by atoms with E-state index in [-0.39, 0.29) is 35.7 Å². The molecule has 10 nitrogen and oxygen atoms in total. The van der Waals surface area contributed by atoms with Crippen molar-refractivity contribution in [2.45, 2.75) is 83.4 Å². The fourth-order valence-electron chi connectivity index (χ4n) is 6.22. The third kappa shape index (κ3) is 7.41. The summed E-state index contributed by atoms with van der Waals surface area (Å²) in [6.07, 6.45) is 7.48. The van der Waals surface area contributed by atoms with Crippen LogP contribution < -0.4 is 10.6 Å². The number of halogens is 2. The van der Waals surface area contributed by atoms with Crippen LogP contribution >= 0.6 is 0 Å². The SMILES string of the molecule is CCN(C)CCN(CC)C(=O)C1CCC(n2c(Nc3ccc(F)cc3F)nc3cnc(NC4CCC(O)CC4)nc32)CC1. The normalized spacial score (nSPS) is 22.6. The summed E-state index contributed by atoms with van der Waals surface area (Å²) in [4.78, 5) is 31.6. The molecule has 234 valence electrons. The van der Waals surface area contributed by atoms with Gasteiger partial charge in [0.2, 0.25) is 17.8 Å². The molecule has 1 aromatic carbocycles. The lowest BCUT2D eigenvalue weighted by Gasteiger charge is -2.33. The monoisotopic (exact) mass is 598 g/mol. The molecule has 1 amide bonds. The number of aliphatic hydroxyl groups excluding tert-OH is 1. The molecule has 2 heterocycles. The highest BCUT2D eigenvalue weighted by Crippen LogP contribution is 2.38. The quantitative estimate of drug-likeness (QED) is 0.280. The number of carbonyl (C=O) groups is 1. The highest BCUT2D eigenvalue weighted by Gasteiger charge is 2.32. The number of amides is 1. The molecule has 0 bridgehead atoms. The van der Waals surface area contributed by atoms with E-state index in [2.05, 4.69) is 34.5 Å². The Morgan fingerprint density at radius 3 is 2.44 bits per heavy atom. The molecule has 3 N–H and O–H groups in total. The predicted molar refractivity (Wildman–Crippen MR) is 163 cm³/mol. The van der Waals surface area contributed by atoms with E-state index in [1.165, 1.54) is 12.1 Å². The van der Waals surface area contributed by atoms with Gasteiger partial charge in [-0.3, -0.25) is 9.36 Å². The molecular formula is C31H44F2N8O2. The first-order valence-electron chi connectivity index (χ1n) is 15.6. The number of nitrogens with one attached hydrogen (secondary N) is 2. The predicted octanol–water partition coefficient (Wildman–Crippen LogP) is 5.10. The maximum atomic E-state index is 14.7. The van der Waals surface area contributed by atoms with Gasteiger partial charge in [0.15, 0.2) is 5.65 Å². The van der Waals surface area contributed by atoms with Gasteiger partial charge in [-0.15, -0.1) is 0 Å². The highest BCUT2D eigenvalue weighted by atomic mass is 19.1. The van der Waals surface area contributed by atoms with Crippen molar-refractivity contribution in [3.05, 3.63) is 36.0 Å². The molecule has 0 atom stereocenters. The molecule has 2 fully saturated rings. The van der Waals surface area contributed by atoms with E-state index in [1.54, 1.807) is 6.20 Å². The zero-order chi connectivity index (χ0) is 30.5. The molecule has 12 heteroatoms. The van der Waals surface area contributed by atoms with Crippen molar-refractivity contribution in [2.24, 2.45) is 5.92 Å². The molecule has 0 unspecified atom stereocenters. The number of carbonyl (C=O) groups excluding carboxylic acids is 1. The van der Waals surface area contributed by atoms with Crippen molar-refractivity contribution in [1.29, 1.82) is 0 Å². The first-order valence-corrected chi connectivity index (χ1v) is 15.6. The average molecular weight is 599 g/mol. The lowest BCUT2D eigenvalue weighted by atomic mass is 9.85. The third-order valence-corrected chi connectivity index (χ3v) is 9.04. The fraction of sp³-hybridized carbons (Fsp3) is 0.613. The molecule has 2 aromatic heterocycles. The Morgan fingerprint density at radius 2 is 1.77 bits per heavy atom. The number of aromatic nitrogens is 4. The first kappa shape index (κ1) is 31.1. The third-order valence-electron chi connectivity index (χ3n) is 9.04. The van der Waals surface area contributed by atoms with Gasteiger partial charge in [-0.2, -0.15) is 4.98 Å². The second kappa shape index (κ2) is 13.9. The standard InChI is InChI=1S/C31H44F2N8O2/c1-4-39(3)16-17-40(5-2)29(43)20-6-11-23(12-7-20)41-28-27(37-31(41)36-26-15-8-21(32)18-25(26)33)19-34-30(38-28)35-22-9-13-24(42)14-10-22/h8,15,18-20,22-24,42H,4-7,9-14,16-17H2,1-3H3,(H,36,37)(H,34,35,38). The Balaban J connectivity index is 1.38. The highest BCUT2D eigenvalue weighted by molar-refractivity contribution is 5.79. The Kier molecular flexibility index (Phi) is 10.1. The largest absolute Gasteiger partial charge is 0.393 e. The maximum absolute atomic E-state index is 14.7. The van der Waals surface area contributed by atoms with Crippen molar-refractivity contribution >= 4 is 34.7 Å². The number of imidazole rings is 1.